The van der Waals surface area contributed by atoms with Gasteiger partial charge in [-0.3, -0.25) is 9.69 Å². The summed E-state index contributed by atoms with van der Waals surface area (Å²) in [5.41, 5.74) is 6.86. The smallest absolute Gasteiger partial charge is 0.321 e. The second kappa shape index (κ2) is 5.69. The number of aromatic nitrogens is 1. The summed E-state index contributed by atoms with van der Waals surface area (Å²) >= 11 is 0. The molecular weight excluding hydrogens is 266 g/mol. The Labute approximate surface area is 123 Å². The molecule has 0 saturated carbocycles. The topological polar surface area (TPSA) is 79.4 Å². The van der Waals surface area contributed by atoms with Gasteiger partial charge in [0.1, 0.15) is 11.9 Å². The zero-order chi connectivity index (χ0) is 14.8. The van der Waals surface area contributed by atoms with Gasteiger partial charge in [0, 0.05) is 11.6 Å². The minimum Gasteiger partial charge on any atom is -0.480 e. The third-order valence-corrected chi connectivity index (χ3v) is 4.16. The number of aliphatic carboxylic acids is 1. The molecule has 21 heavy (non-hydrogen) atoms. The Kier molecular flexibility index (Phi) is 3.75. The Balaban J connectivity index is 1.87. The van der Waals surface area contributed by atoms with Crippen LogP contribution in [-0.4, -0.2) is 40.1 Å². The summed E-state index contributed by atoms with van der Waals surface area (Å²) in [5, 5.41) is 11.4. The molecule has 1 fully saturated rings. The Hall–Kier alpha value is -2.14. The first-order chi connectivity index (χ1) is 10.1. The van der Waals surface area contributed by atoms with Crippen molar-refractivity contribution in [1.82, 2.24) is 9.88 Å². The molecule has 0 radical (unpaired) electrons. The molecule has 2 heterocycles. The first kappa shape index (κ1) is 13.8. The van der Waals surface area contributed by atoms with Crippen LogP contribution in [0.3, 0.4) is 0 Å². The number of likely N-dealkylation sites (tertiary alicyclic amines) is 1. The van der Waals surface area contributed by atoms with Gasteiger partial charge in [-0.15, -0.1) is 0 Å². The summed E-state index contributed by atoms with van der Waals surface area (Å²) < 4.78 is 0. The number of fused-ring (bicyclic) bond motifs is 1. The second-order valence-electron chi connectivity index (χ2n) is 5.55. The molecule has 1 aliphatic rings. The minimum absolute atomic E-state index is 0.441. The number of rotatable bonds is 4. The van der Waals surface area contributed by atoms with E-state index in [-0.39, 0.29) is 0 Å². The highest BCUT2D eigenvalue weighted by atomic mass is 16.4. The van der Waals surface area contributed by atoms with E-state index in [9.17, 15) is 9.90 Å². The molecule has 1 aromatic carbocycles. The molecule has 0 aliphatic carbocycles. The van der Waals surface area contributed by atoms with Gasteiger partial charge in [0.05, 0.1) is 0 Å². The maximum atomic E-state index is 11.5. The molecule has 1 unspecified atom stereocenters. The number of pyridine rings is 1. The predicted molar refractivity (Wildman–Crippen MR) is 82.1 cm³/mol. The SMILES string of the molecule is Nc1nccc2cc(CC(C(=O)O)N3CCCC3)ccc12. The highest BCUT2D eigenvalue weighted by Crippen LogP contribution is 2.22. The van der Waals surface area contributed by atoms with Crippen molar-refractivity contribution < 1.29 is 9.90 Å². The van der Waals surface area contributed by atoms with Gasteiger partial charge in [-0.2, -0.15) is 0 Å². The number of carbonyl (C=O) groups is 1. The lowest BCUT2D eigenvalue weighted by Gasteiger charge is -2.23. The van der Waals surface area contributed by atoms with Gasteiger partial charge in [-0.1, -0.05) is 18.2 Å². The Morgan fingerprint density at radius 1 is 1.33 bits per heavy atom. The molecule has 2 aromatic rings. The van der Waals surface area contributed by atoms with Crippen LogP contribution in [0.5, 0.6) is 0 Å². The number of benzene rings is 1. The fraction of sp³-hybridized carbons (Fsp3) is 0.375. The predicted octanol–water partition coefficient (Wildman–Crippen LogP) is 1.91. The quantitative estimate of drug-likeness (QED) is 0.897. The average molecular weight is 285 g/mol. The summed E-state index contributed by atoms with van der Waals surface area (Å²) in [6.45, 7) is 1.75. The molecule has 1 aliphatic heterocycles. The van der Waals surface area contributed by atoms with Crippen molar-refractivity contribution in [3.8, 4) is 0 Å². The summed E-state index contributed by atoms with van der Waals surface area (Å²) in [4.78, 5) is 17.7. The van der Waals surface area contributed by atoms with E-state index in [1.807, 2.05) is 24.3 Å². The zero-order valence-corrected chi connectivity index (χ0v) is 11.8. The van der Waals surface area contributed by atoms with Crippen LogP contribution in [-0.2, 0) is 11.2 Å². The third kappa shape index (κ3) is 2.83. The van der Waals surface area contributed by atoms with Gasteiger partial charge in [0.15, 0.2) is 0 Å². The molecule has 110 valence electrons. The average Bonchev–Trinajstić information content (AvgIpc) is 2.98. The molecule has 0 spiro atoms. The molecule has 1 saturated heterocycles. The molecule has 5 nitrogen and oxygen atoms in total. The maximum Gasteiger partial charge on any atom is 0.321 e. The van der Waals surface area contributed by atoms with E-state index in [1.54, 1.807) is 6.20 Å². The van der Waals surface area contributed by atoms with Crippen molar-refractivity contribution in [2.24, 2.45) is 0 Å². The van der Waals surface area contributed by atoms with Crippen molar-refractivity contribution in [3.63, 3.8) is 0 Å². The van der Waals surface area contributed by atoms with Crippen molar-refractivity contribution in [2.45, 2.75) is 25.3 Å². The van der Waals surface area contributed by atoms with Crippen LogP contribution in [0.1, 0.15) is 18.4 Å². The number of carboxylic acids is 1. The number of carboxylic acid groups (broad SMARTS) is 1. The van der Waals surface area contributed by atoms with E-state index in [4.69, 9.17) is 5.73 Å². The largest absolute Gasteiger partial charge is 0.480 e. The number of nitrogen functional groups attached to an aromatic ring is 1. The summed E-state index contributed by atoms with van der Waals surface area (Å²) in [7, 11) is 0. The Morgan fingerprint density at radius 3 is 2.81 bits per heavy atom. The zero-order valence-electron chi connectivity index (χ0n) is 11.8. The lowest BCUT2D eigenvalue weighted by atomic mass is 10.0. The fourth-order valence-electron chi connectivity index (χ4n) is 3.03. The number of nitrogens with two attached hydrogens (primary N) is 1. The molecule has 0 bridgehead atoms. The molecule has 0 amide bonds. The van der Waals surface area contributed by atoms with Gasteiger partial charge < -0.3 is 10.8 Å². The van der Waals surface area contributed by atoms with Crippen molar-refractivity contribution in [3.05, 3.63) is 36.0 Å². The number of anilines is 1. The molecular formula is C16H19N3O2. The van der Waals surface area contributed by atoms with E-state index in [2.05, 4.69) is 9.88 Å². The van der Waals surface area contributed by atoms with Gasteiger partial charge >= 0.3 is 5.97 Å². The van der Waals surface area contributed by atoms with Crippen LogP contribution in [0.4, 0.5) is 5.82 Å². The molecule has 1 aromatic heterocycles. The van der Waals surface area contributed by atoms with Gasteiger partial charge in [-0.05, 0) is 49.4 Å². The minimum atomic E-state index is -0.744. The molecule has 3 rings (SSSR count). The standard InChI is InChI=1S/C16H19N3O2/c17-15-13-4-3-11(9-12(13)5-6-18-15)10-14(16(20)21)19-7-1-2-8-19/h3-6,9,14H,1-2,7-8,10H2,(H2,17,18)(H,20,21). The second-order valence-corrected chi connectivity index (χ2v) is 5.55. The fourth-order valence-corrected chi connectivity index (χ4v) is 3.03. The van der Waals surface area contributed by atoms with Crippen LogP contribution >= 0.6 is 0 Å². The van der Waals surface area contributed by atoms with E-state index in [0.29, 0.717) is 12.2 Å². The lowest BCUT2D eigenvalue weighted by Crippen LogP contribution is -2.40. The summed E-state index contributed by atoms with van der Waals surface area (Å²) in [6, 6.07) is 7.35. The van der Waals surface area contributed by atoms with E-state index >= 15 is 0 Å². The molecule has 5 heteroatoms. The molecule has 1 atom stereocenters. The van der Waals surface area contributed by atoms with Gasteiger partial charge in [0.25, 0.3) is 0 Å². The summed E-state index contributed by atoms with van der Waals surface area (Å²) in [5.74, 6) is -0.236. The normalized spacial score (nSPS) is 17.1. The number of nitrogens with zero attached hydrogens (tertiary/aromatic N) is 2. The highest BCUT2D eigenvalue weighted by molar-refractivity contribution is 5.91. The van der Waals surface area contributed by atoms with Crippen LogP contribution in [0.2, 0.25) is 0 Å². The van der Waals surface area contributed by atoms with Crippen molar-refractivity contribution >= 4 is 22.6 Å². The van der Waals surface area contributed by atoms with Gasteiger partial charge in [0.2, 0.25) is 0 Å². The van der Waals surface area contributed by atoms with Crippen LogP contribution in [0.25, 0.3) is 10.8 Å². The first-order valence-corrected chi connectivity index (χ1v) is 7.25. The lowest BCUT2D eigenvalue weighted by molar-refractivity contribution is -0.142. The monoisotopic (exact) mass is 285 g/mol. The van der Waals surface area contributed by atoms with Crippen molar-refractivity contribution in [2.75, 3.05) is 18.8 Å². The highest BCUT2D eigenvalue weighted by Gasteiger charge is 2.27. The molecule has 3 N–H and O–H groups in total. The summed E-state index contributed by atoms with van der Waals surface area (Å²) in [6.07, 6.45) is 4.37. The Bertz CT molecular complexity index is 666. The van der Waals surface area contributed by atoms with E-state index in [0.717, 1.165) is 42.3 Å². The van der Waals surface area contributed by atoms with Gasteiger partial charge in [-0.25, -0.2) is 4.98 Å². The first-order valence-electron chi connectivity index (χ1n) is 7.25. The van der Waals surface area contributed by atoms with Crippen LogP contribution < -0.4 is 5.73 Å². The van der Waals surface area contributed by atoms with E-state index < -0.39 is 12.0 Å². The van der Waals surface area contributed by atoms with E-state index in [1.165, 1.54) is 0 Å². The van der Waals surface area contributed by atoms with Crippen molar-refractivity contribution in [1.29, 1.82) is 0 Å². The Morgan fingerprint density at radius 2 is 2.10 bits per heavy atom. The van der Waals surface area contributed by atoms with Crippen LogP contribution in [0, 0.1) is 0 Å². The third-order valence-electron chi connectivity index (χ3n) is 4.16. The maximum absolute atomic E-state index is 11.5. The number of hydrogen-bond acceptors (Lipinski definition) is 4. The van der Waals surface area contributed by atoms with Crippen LogP contribution in [0.15, 0.2) is 30.5 Å². The number of hydrogen-bond donors (Lipinski definition) is 2.